The summed E-state index contributed by atoms with van der Waals surface area (Å²) in [6, 6.07) is 12.6. The lowest BCUT2D eigenvalue weighted by Gasteiger charge is -2.32. The van der Waals surface area contributed by atoms with Crippen LogP contribution in [-0.2, 0) is 0 Å². The molecule has 2 aromatic carbocycles. The molecule has 0 atom stereocenters. The number of hydrogen-bond acceptors (Lipinski definition) is 7. The molecule has 1 aromatic heterocycles. The summed E-state index contributed by atoms with van der Waals surface area (Å²) in [6.07, 6.45) is 0.914. The fraction of sp³-hybridized carbons (Fsp3) is 0.375. The van der Waals surface area contributed by atoms with Crippen LogP contribution in [0.1, 0.15) is 23.7 Å². The van der Waals surface area contributed by atoms with E-state index < -0.39 is 0 Å². The molecule has 0 bridgehead atoms. The number of halogens is 1. The summed E-state index contributed by atoms with van der Waals surface area (Å²) in [6.45, 7) is 7.48. The van der Waals surface area contributed by atoms with Crippen LogP contribution >= 0.6 is 11.6 Å². The third-order valence-corrected chi connectivity index (χ3v) is 5.86. The first-order valence-electron chi connectivity index (χ1n) is 10.8. The minimum atomic E-state index is -0.0710. The fourth-order valence-corrected chi connectivity index (χ4v) is 3.79. The molecule has 3 aromatic rings. The van der Waals surface area contributed by atoms with Gasteiger partial charge in [0.05, 0.1) is 12.2 Å². The van der Waals surface area contributed by atoms with Gasteiger partial charge in [0.1, 0.15) is 5.75 Å². The lowest BCUT2D eigenvalue weighted by atomic mass is 10.1. The molecule has 0 radical (unpaired) electrons. The smallest absolute Gasteiger partial charge is 0.258 e. The molecule has 4 rings (SSSR count). The molecule has 1 fully saturated rings. The molecule has 0 saturated carbocycles. The minimum Gasteiger partial charge on any atom is -0.493 e. The molecular formula is C24H27ClN4O3. The first kappa shape index (κ1) is 22.5. The number of ketones is 1. The summed E-state index contributed by atoms with van der Waals surface area (Å²) in [7, 11) is 2.15. The van der Waals surface area contributed by atoms with Crippen LogP contribution in [0.25, 0.3) is 22.8 Å². The standard InChI is InChI=1S/C24H27ClN4O3/c1-17(30)21-16-19(24-26-23(27-32-24)18-4-7-20(25)8-5-18)6-9-22(21)31-15-3-10-29-13-11-28(2)12-14-29/h4-9,16H,3,10-15H2,1-2H3. The van der Waals surface area contributed by atoms with Crippen molar-refractivity contribution in [2.45, 2.75) is 13.3 Å². The van der Waals surface area contributed by atoms with Crippen LogP contribution in [0.5, 0.6) is 5.75 Å². The van der Waals surface area contributed by atoms with Crippen LogP contribution in [0.3, 0.4) is 0 Å². The summed E-state index contributed by atoms with van der Waals surface area (Å²) in [5, 5.41) is 4.69. The number of Topliss-reactive ketones (excluding diaryl/α,β-unsaturated/α-hetero) is 1. The molecule has 1 aliphatic rings. The maximum absolute atomic E-state index is 12.2. The molecule has 0 aliphatic carbocycles. The van der Waals surface area contributed by atoms with Crippen molar-refractivity contribution in [3.8, 4) is 28.6 Å². The summed E-state index contributed by atoms with van der Waals surface area (Å²) >= 11 is 5.94. The SMILES string of the molecule is CC(=O)c1cc(-c2nc(-c3ccc(Cl)cc3)no2)ccc1OCCCN1CCN(C)CC1. The van der Waals surface area contributed by atoms with Crippen molar-refractivity contribution in [1.29, 1.82) is 0 Å². The van der Waals surface area contributed by atoms with Crippen LogP contribution in [0.2, 0.25) is 5.02 Å². The van der Waals surface area contributed by atoms with Crippen LogP contribution in [0.4, 0.5) is 0 Å². The van der Waals surface area contributed by atoms with Gasteiger partial charge in [-0.05, 0) is 62.9 Å². The largest absolute Gasteiger partial charge is 0.493 e. The number of nitrogens with zero attached hydrogens (tertiary/aromatic N) is 4. The van der Waals surface area contributed by atoms with E-state index in [2.05, 4.69) is 27.0 Å². The highest BCUT2D eigenvalue weighted by Gasteiger charge is 2.16. The molecule has 0 unspecified atom stereocenters. The third kappa shape index (κ3) is 5.54. The highest BCUT2D eigenvalue weighted by molar-refractivity contribution is 6.30. The van der Waals surface area contributed by atoms with Gasteiger partial charge in [0.25, 0.3) is 5.89 Å². The molecule has 0 amide bonds. The van der Waals surface area contributed by atoms with Crippen molar-refractivity contribution in [2.75, 3.05) is 46.4 Å². The Morgan fingerprint density at radius 3 is 2.53 bits per heavy atom. The van der Waals surface area contributed by atoms with E-state index in [4.69, 9.17) is 20.9 Å². The van der Waals surface area contributed by atoms with Gasteiger partial charge in [0.15, 0.2) is 5.78 Å². The van der Waals surface area contributed by atoms with Gasteiger partial charge in [-0.15, -0.1) is 0 Å². The normalized spacial score (nSPS) is 15.1. The number of carbonyl (C=O) groups is 1. The highest BCUT2D eigenvalue weighted by Crippen LogP contribution is 2.28. The number of benzene rings is 2. The molecule has 7 nitrogen and oxygen atoms in total. The van der Waals surface area contributed by atoms with Crippen molar-refractivity contribution >= 4 is 17.4 Å². The van der Waals surface area contributed by atoms with Gasteiger partial charge in [-0.1, -0.05) is 16.8 Å². The predicted molar refractivity (Wildman–Crippen MR) is 124 cm³/mol. The maximum atomic E-state index is 12.2. The van der Waals surface area contributed by atoms with Gasteiger partial charge in [0, 0.05) is 48.9 Å². The number of carbonyl (C=O) groups excluding carboxylic acids is 1. The van der Waals surface area contributed by atoms with Crippen molar-refractivity contribution < 1.29 is 14.1 Å². The summed E-state index contributed by atoms with van der Waals surface area (Å²) < 4.78 is 11.4. The summed E-state index contributed by atoms with van der Waals surface area (Å²) in [5.41, 5.74) is 1.98. The van der Waals surface area contributed by atoms with E-state index in [0.29, 0.717) is 40.2 Å². The average Bonchev–Trinajstić information content (AvgIpc) is 3.28. The second kappa shape index (κ2) is 10.3. The Morgan fingerprint density at radius 1 is 1.09 bits per heavy atom. The van der Waals surface area contributed by atoms with Crippen molar-refractivity contribution in [1.82, 2.24) is 19.9 Å². The molecule has 0 spiro atoms. The Hall–Kier alpha value is -2.74. The van der Waals surface area contributed by atoms with E-state index in [-0.39, 0.29) is 5.78 Å². The second-order valence-corrected chi connectivity index (χ2v) is 8.48. The number of hydrogen-bond donors (Lipinski definition) is 0. The van der Waals surface area contributed by atoms with Crippen molar-refractivity contribution in [3.63, 3.8) is 0 Å². The van der Waals surface area contributed by atoms with Gasteiger partial charge in [-0.3, -0.25) is 4.79 Å². The van der Waals surface area contributed by atoms with Gasteiger partial charge in [-0.2, -0.15) is 4.98 Å². The van der Waals surface area contributed by atoms with Gasteiger partial charge < -0.3 is 19.1 Å². The Bertz CT molecular complexity index is 1060. The lowest BCUT2D eigenvalue weighted by Crippen LogP contribution is -2.44. The second-order valence-electron chi connectivity index (χ2n) is 8.04. The Kier molecular flexibility index (Phi) is 7.19. The van der Waals surface area contributed by atoms with E-state index in [0.717, 1.165) is 44.7 Å². The molecule has 32 heavy (non-hydrogen) atoms. The van der Waals surface area contributed by atoms with Gasteiger partial charge in [0.2, 0.25) is 5.82 Å². The summed E-state index contributed by atoms with van der Waals surface area (Å²) in [4.78, 5) is 21.5. The minimum absolute atomic E-state index is 0.0710. The Balaban J connectivity index is 1.40. The number of ether oxygens (including phenoxy) is 1. The molecule has 0 N–H and O–H groups in total. The molecule has 1 saturated heterocycles. The molecule has 2 heterocycles. The zero-order valence-electron chi connectivity index (χ0n) is 18.4. The van der Waals surface area contributed by atoms with E-state index in [9.17, 15) is 4.79 Å². The number of piperazine rings is 1. The third-order valence-electron chi connectivity index (χ3n) is 5.61. The van der Waals surface area contributed by atoms with Crippen molar-refractivity contribution in [2.24, 2.45) is 0 Å². The highest BCUT2D eigenvalue weighted by atomic mass is 35.5. The van der Waals surface area contributed by atoms with E-state index in [1.807, 2.05) is 18.2 Å². The monoisotopic (exact) mass is 454 g/mol. The van der Waals surface area contributed by atoms with E-state index >= 15 is 0 Å². The number of rotatable bonds is 8. The Morgan fingerprint density at radius 2 is 1.81 bits per heavy atom. The topological polar surface area (TPSA) is 71.7 Å². The fourth-order valence-electron chi connectivity index (χ4n) is 3.66. The van der Waals surface area contributed by atoms with Crippen LogP contribution in [0, 0.1) is 0 Å². The summed E-state index contributed by atoms with van der Waals surface area (Å²) in [5.74, 6) is 1.32. The predicted octanol–water partition coefficient (Wildman–Crippen LogP) is 4.28. The van der Waals surface area contributed by atoms with E-state index in [1.54, 1.807) is 24.3 Å². The van der Waals surface area contributed by atoms with E-state index in [1.165, 1.54) is 6.92 Å². The maximum Gasteiger partial charge on any atom is 0.258 e. The quantitative estimate of drug-likeness (QED) is 0.371. The number of aromatic nitrogens is 2. The molecule has 8 heteroatoms. The average molecular weight is 455 g/mol. The number of likely N-dealkylation sites (N-methyl/N-ethyl adjacent to an activating group) is 1. The van der Waals surface area contributed by atoms with Crippen molar-refractivity contribution in [3.05, 3.63) is 53.1 Å². The van der Waals surface area contributed by atoms with Gasteiger partial charge >= 0.3 is 0 Å². The molecular weight excluding hydrogens is 428 g/mol. The zero-order valence-corrected chi connectivity index (χ0v) is 19.1. The Labute approximate surface area is 192 Å². The molecule has 168 valence electrons. The first-order chi connectivity index (χ1) is 15.5. The molecule has 1 aliphatic heterocycles. The van der Waals surface area contributed by atoms with Gasteiger partial charge in [-0.25, -0.2) is 0 Å². The van der Waals surface area contributed by atoms with Crippen LogP contribution < -0.4 is 4.74 Å². The zero-order chi connectivity index (χ0) is 22.5. The van der Waals surface area contributed by atoms with Crippen LogP contribution in [0.15, 0.2) is 47.0 Å². The first-order valence-corrected chi connectivity index (χ1v) is 11.2. The van der Waals surface area contributed by atoms with Crippen LogP contribution in [-0.4, -0.2) is 72.1 Å². The lowest BCUT2D eigenvalue weighted by molar-refractivity contribution is 0.101.